The van der Waals surface area contributed by atoms with E-state index in [1.165, 1.54) is 0 Å². The third-order valence-corrected chi connectivity index (χ3v) is 4.67. The lowest BCUT2D eigenvalue weighted by molar-refractivity contribution is -0.121. The van der Waals surface area contributed by atoms with E-state index in [9.17, 15) is 9.59 Å². The topological polar surface area (TPSA) is 100 Å². The lowest BCUT2D eigenvalue weighted by atomic mass is 9.96. The summed E-state index contributed by atoms with van der Waals surface area (Å²) in [4.78, 5) is 30.8. The fourth-order valence-corrected chi connectivity index (χ4v) is 3.08. The Morgan fingerprint density at radius 3 is 2.59 bits per heavy atom. The van der Waals surface area contributed by atoms with Crippen LogP contribution in [0.1, 0.15) is 30.6 Å². The Bertz CT molecular complexity index is 779. The van der Waals surface area contributed by atoms with Gasteiger partial charge in [-0.2, -0.15) is 0 Å². The quantitative estimate of drug-likeness (QED) is 0.808. The summed E-state index contributed by atoms with van der Waals surface area (Å²) in [6.07, 6.45) is 3.68. The van der Waals surface area contributed by atoms with Crippen molar-refractivity contribution in [3.8, 4) is 0 Å². The van der Waals surface area contributed by atoms with E-state index in [4.69, 9.17) is 4.52 Å². The molecule has 0 bridgehead atoms. The van der Waals surface area contributed by atoms with Gasteiger partial charge in [0.2, 0.25) is 11.8 Å². The van der Waals surface area contributed by atoms with Gasteiger partial charge in [0.25, 0.3) is 0 Å². The second-order valence-electron chi connectivity index (χ2n) is 6.95. The van der Waals surface area contributed by atoms with Gasteiger partial charge < -0.3 is 20.1 Å². The van der Waals surface area contributed by atoms with Crippen molar-refractivity contribution in [1.82, 2.24) is 15.0 Å². The average molecular weight is 371 g/mol. The van der Waals surface area contributed by atoms with Crippen molar-refractivity contribution in [1.29, 1.82) is 0 Å². The zero-order valence-corrected chi connectivity index (χ0v) is 15.7. The van der Waals surface area contributed by atoms with Crippen LogP contribution in [0, 0.1) is 19.8 Å². The van der Waals surface area contributed by atoms with Crippen LogP contribution in [-0.4, -0.2) is 46.5 Å². The highest BCUT2D eigenvalue weighted by Crippen LogP contribution is 2.19. The number of carbonyl (C=O) groups excluding carboxylic acids is 2. The Kier molecular flexibility index (Phi) is 6.18. The minimum absolute atomic E-state index is 0.0173. The summed E-state index contributed by atoms with van der Waals surface area (Å²) in [6, 6.07) is 5.43. The van der Waals surface area contributed by atoms with Crippen LogP contribution in [0.2, 0.25) is 0 Å². The van der Waals surface area contributed by atoms with E-state index < -0.39 is 0 Å². The van der Waals surface area contributed by atoms with Crippen LogP contribution in [0.25, 0.3) is 0 Å². The first-order valence-electron chi connectivity index (χ1n) is 9.18. The number of likely N-dealkylation sites (tertiary alicyclic amines) is 1. The third kappa shape index (κ3) is 5.62. The highest BCUT2D eigenvalue weighted by atomic mass is 16.5. The van der Waals surface area contributed by atoms with Crippen molar-refractivity contribution in [2.24, 2.45) is 5.92 Å². The lowest BCUT2D eigenvalue weighted by Crippen LogP contribution is -2.39. The highest BCUT2D eigenvalue weighted by Gasteiger charge is 2.25. The SMILES string of the molecule is Cc1ccc(NC(=O)C2CCN(CCC(=O)Nc3cc(C)on3)CC2)nc1. The number of nitrogens with zero attached hydrogens (tertiary/aromatic N) is 3. The molecule has 8 nitrogen and oxygen atoms in total. The number of aromatic nitrogens is 2. The van der Waals surface area contributed by atoms with Crippen molar-refractivity contribution < 1.29 is 14.1 Å². The number of carbonyl (C=O) groups is 2. The van der Waals surface area contributed by atoms with Crippen LogP contribution < -0.4 is 10.6 Å². The van der Waals surface area contributed by atoms with Gasteiger partial charge in [0, 0.05) is 31.1 Å². The molecule has 0 saturated carbocycles. The molecule has 2 aromatic rings. The number of piperidine rings is 1. The molecule has 1 aliphatic heterocycles. The van der Waals surface area contributed by atoms with Crippen LogP contribution in [0.5, 0.6) is 0 Å². The first-order valence-corrected chi connectivity index (χ1v) is 9.18. The molecule has 3 heterocycles. The van der Waals surface area contributed by atoms with Crippen molar-refractivity contribution in [2.45, 2.75) is 33.1 Å². The minimum Gasteiger partial charge on any atom is -0.360 e. The molecule has 144 valence electrons. The first-order chi connectivity index (χ1) is 13.0. The second-order valence-corrected chi connectivity index (χ2v) is 6.95. The largest absolute Gasteiger partial charge is 0.360 e. The number of anilines is 2. The summed E-state index contributed by atoms with van der Waals surface area (Å²) >= 11 is 0. The van der Waals surface area contributed by atoms with Gasteiger partial charge in [-0.1, -0.05) is 11.2 Å². The minimum atomic E-state index is -0.0892. The summed E-state index contributed by atoms with van der Waals surface area (Å²) in [5.41, 5.74) is 1.06. The van der Waals surface area contributed by atoms with Gasteiger partial charge in [-0.15, -0.1) is 0 Å². The van der Waals surface area contributed by atoms with Gasteiger partial charge >= 0.3 is 0 Å². The zero-order valence-electron chi connectivity index (χ0n) is 15.7. The first kappa shape index (κ1) is 19.0. The molecule has 0 unspecified atom stereocenters. The van der Waals surface area contributed by atoms with Crippen LogP contribution in [0.15, 0.2) is 28.9 Å². The Morgan fingerprint density at radius 2 is 1.96 bits per heavy atom. The molecule has 0 aromatic carbocycles. The van der Waals surface area contributed by atoms with E-state index in [0.29, 0.717) is 30.4 Å². The number of aryl methyl sites for hydroxylation is 2. The molecule has 1 fully saturated rings. The van der Waals surface area contributed by atoms with E-state index in [2.05, 4.69) is 25.7 Å². The Labute approximate surface area is 158 Å². The van der Waals surface area contributed by atoms with Crippen LogP contribution in [0.3, 0.4) is 0 Å². The molecule has 1 saturated heterocycles. The second kappa shape index (κ2) is 8.77. The maximum absolute atomic E-state index is 12.4. The van der Waals surface area contributed by atoms with E-state index >= 15 is 0 Å². The monoisotopic (exact) mass is 371 g/mol. The number of hydrogen-bond acceptors (Lipinski definition) is 6. The molecule has 2 N–H and O–H groups in total. The average Bonchev–Trinajstić information content (AvgIpc) is 3.07. The van der Waals surface area contributed by atoms with Gasteiger partial charge in [0.1, 0.15) is 11.6 Å². The van der Waals surface area contributed by atoms with E-state index in [1.54, 1.807) is 19.2 Å². The summed E-state index contributed by atoms with van der Waals surface area (Å²) in [6.45, 7) is 6.00. The predicted molar refractivity (Wildman–Crippen MR) is 101 cm³/mol. The molecule has 1 aliphatic rings. The van der Waals surface area contributed by atoms with Gasteiger partial charge in [0.05, 0.1) is 0 Å². The van der Waals surface area contributed by atoms with Gasteiger partial charge in [0.15, 0.2) is 5.82 Å². The van der Waals surface area contributed by atoms with Crippen LogP contribution >= 0.6 is 0 Å². The Morgan fingerprint density at radius 1 is 1.19 bits per heavy atom. The number of pyridine rings is 1. The zero-order chi connectivity index (χ0) is 19.2. The van der Waals surface area contributed by atoms with Gasteiger partial charge in [-0.3, -0.25) is 9.59 Å². The maximum atomic E-state index is 12.4. The molecule has 8 heteroatoms. The smallest absolute Gasteiger partial charge is 0.228 e. The number of hydrogen-bond donors (Lipinski definition) is 2. The van der Waals surface area contributed by atoms with Crippen molar-refractivity contribution in [2.75, 3.05) is 30.3 Å². The molecule has 0 aliphatic carbocycles. The summed E-state index contributed by atoms with van der Waals surface area (Å²) < 4.78 is 4.92. The summed E-state index contributed by atoms with van der Waals surface area (Å²) in [7, 11) is 0. The third-order valence-electron chi connectivity index (χ3n) is 4.67. The van der Waals surface area contributed by atoms with Crippen molar-refractivity contribution in [3.63, 3.8) is 0 Å². The van der Waals surface area contributed by atoms with E-state index in [-0.39, 0.29) is 17.7 Å². The van der Waals surface area contributed by atoms with Crippen molar-refractivity contribution >= 4 is 23.5 Å². The lowest BCUT2D eigenvalue weighted by Gasteiger charge is -2.30. The highest BCUT2D eigenvalue weighted by molar-refractivity contribution is 5.91. The molecule has 2 amide bonds. The standard InChI is InChI=1S/C19H25N5O3/c1-13-3-4-16(20-12-13)22-19(26)15-5-8-24(9-6-15)10-7-18(25)21-17-11-14(2)27-23-17/h3-4,11-12,15H,5-10H2,1-2H3,(H,20,22,26)(H,21,23,25). The van der Waals surface area contributed by atoms with Gasteiger partial charge in [-0.05, 0) is 51.4 Å². The molecule has 3 rings (SSSR count). The molecule has 2 aromatic heterocycles. The van der Waals surface area contributed by atoms with Crippen LogP contribution in [0.4, 0.5) is 11.6 Å². The molecular weight excluding hydrogens is 346 g/mol. The van der Waals surface area contributed by atoms with Gasteiger partial charge in [-0.25, -0.2) is 4.98 Å². The molecular formula is C19H25N5O3. The van der Waals surface area contributed by atoms with Crippen molar-refractivity contribution in [3.05, 3.63) is 35.7 Å². The predicted octanol–water partition coefficient (Wildman–Crippen LogP) is 2.37. The van der Waals surface area contributed by atoms with E-state index in [1.807, 2.05) is 19.1 Å². The summed E-state index contributed by atoms with van der Waals surface area (Å²) in [5.74, 6) is 1.60. The molecule has 0 radical (unpaired) electrons. The molecule has 27 heavy (non-hydrogen) atoms. The normalized spacial score (nSPS) is 15.5. The molecule has 0 atom stereocenters. The number of amides is 2. The Hall–Kier alpha value is -2.74. The summed E-state index contributed by atoms with van der Waals surface area (Å²) in [5, 5.41) is 9.35. The molecule has 0 spiro atoms. The fourth-order valence-electron chi connectivity index (χ4n) is 3.08. The van der Waals surface area contributed by atoms with Crippen LogP contribution in [-0.2, 0) is 9.59 Å². The fraction of sp³-hybridized carbons (Fsp3) is 0.474. The number of nitrogens with one attached hydrogen (secondary N) is 2. The number of rotatable bonds is 6. The Balaban J connectivity index is 1.37. The maximum Gasteiger partial charge on any atom is 0.228 e. The van der Waals surface area contributed by atoms with E-state index in [0.717, 1.165) is 31.5 Å².